The SMILES string of the molecule is O=C(O)C1OC1CO. The molecule has 46 valence electrons. The minimum atomic E-state index is -0.996. The molecule has 2 atom stereocenters. The van der Waals surface area contributed by atoms with Gasteiger partial charge in [-0.3, -0.25) is 0 Å². The lowest BCUT2D eigenvalue weighted by Crippen LogP contribution is -2.09. The zero-order valence-corrected chi connectivity index (χ0v) is 4.07. The summed E-state index contributed by atoms with van der Waals surface area (Å²) in [6.07, 6.45) is -1.20. The molecule has 4 nitrogen and oxygen atoms in total. The Hall–Kier alpha value is -0.610. The van der Waals surface area contributed by atoms with Gasteiger partial charge in [0.15, 0.2) is 6.10 Å². The fourth-order valence-corrected chi connectivity index (χ4v) is 0.499. The molecule has 1 fully saturated rings. The smallest absolute Gasteiger partial charge is 0.335 e. The number of epoxide rings is 1. The number of hydrogen-bond acceptors (Lipinski definition) is 3. The summed E-state index contributed by atoms with van der Waals surface area (Å²) in [5, 5.41) is 16.4. The Bertz CT molecular complexity index is 111. The van der Waals surface area contributed by atoms with Crippen LogP contribution in [0.2, 0.25) is 0 Å². The summed E-state index contributed by atoms with van der Waals surface area (Å²) < 4.78 is 4.48. The van der Waals surface area contributed by atoms with Crippen molar-refractivity contribution in [3.8, 4) is 0 Å². The molecule has 0 radical (unpaired) electrons. The van der Waals surface area contributed by atoms with Crippen molar-refractivity contribution in [2.24, 2.45) is 0 Å². The van der Waals surface area contributed by atoms with E-state index in [-0.39, 0.29) is 6.61 Å². The third-order valence-corrected chi connectivity index (χ3v) is 1.01. The molecule has 1 heterocycles. The van der Waals surface area contributed by atoms with Gasteiger partial charge in [-0.1, -0.05) is 0 Å². The Balaban J connectivity index is 2.26. The van der Waals surface area contributed by atoms with E-state index in [0.717, 1.165) is 0 Å². The molecule has 0 amide bonds. The van der Waals surface area contributed by atoms with Crippen LogP contribution in [0.4, 0.5) is 0 Å². The van der Waals surface area contributed by atoms with Crippen LogP contribution in [0.3, 0.4) is 0 Å². The summed E-state index contributed by atoms with van der Waals surface area (Å²) >= 11 is 0. The largest absolute Gasteiger partial charge is 0.479 e. The molecule has 4 heteroatoms. The summed E-state index contributed by atoms with van der Waals surface area (Å²) in [5.74, 6) is -0.996. The second kappa shape index (κ2) is 1.72. The van der Waals surface area contributed by atoms with Gasteiger partial charge in [-0.05, 0) is 0 Å². The second-order valence-corrected chi connectivity index (χ2v) is 1.62. The topological polar surface area (TPSA) is 70.1 Å². The summed E-state index contributed by atoms with van der Waals surface area (Å²) in [7, 11) is 0. The summed E-state index contributed by atoms with van der Waals surface area (Å²) in [6, 6.07) is 0. The van der Waals surface area contributed by atoms with E-state index >= 15 is 0 Å². The van der Waals surface area contributed by atoms with Gasteiger partial charge in [0.1, 0.15) is 6.10 Å². The van der Waals surface area contributed by atoms with Crippen molar-refractivity contribution in [3.05, 3.63) is 0 Å². The monoisotopic (exact) mass is 118 g/mol. The molecule has 1 saturated heterocycles. The van der Waals surface area contributed by atoms with Crippen molar-refractivity contribution in [1.29, 1.82) is 0 Å². The number of carboxylic acid groups (broad SMARTS) is 1. The van der Waals surface area contributed by atoms with Crippen LogP contribution in [0.1, 0.15) is 0 Å². The molecule has 0 aromatic carbocycles. The first-order chi connectivity index (χ1) is 3.75. The quantitative estimate of drug-likeness (QED) is 0.448. The van der Waals surface area contributed by atoms with Gasteiger partial charge in [-0.25, -0.2) is 4.79 Å². The molecule has 1 aliphatic rings. The summed E-state index contributed by atoms with van der Waals surface area (Å²) in [6.45, 7) is -0.197. The van der Waals surface area contributed by atoms with Gasteiger partial charge < -0.3 is 14.9 Å². The highest BCUT2D eigenvalue weighted by Gasteiger charge is 2.44. The number of rotatable bonds is 2. The molecule has 0 spiro atoms. The second-order valence-electron chi connectivity index (χ2n) is 1.62. The fourth-order valence-electron chi connectivity index (χ4n) is 0.499. The zero-order valence-electron chi connectivity index (χ0n) is 4.07. The molecular formula is C4H6O4. The number of hydrogen-bond donors (Lipinski definition) is 2. The van der Waals surface area contributed by atoms with Crippen LogP contribution in [0.5, 0.6) is 0 Å². The van der Waals surface area contributed by atoms with Gasteiger partial charge in [0, 0.05) is 0 Å². The van der Waals surface area contributed by atoms with Crippen molar-refractivity contribution in [2.45, 2.75) is 12.2 Å². The zero-order chi connectivity index (χ0) is 6.15. The van der Waals surface area contributed by atoms with Crippen LogP contribution in [0, 0.1) is 0 Å². The number of carboxylic acids is 1. The van der Waals surface area contributed by atoms with Gasteiger partial charge in [0.05, 0.1) is 6.61 Å². The number of carbonyl (C=O) groups is 1. The molecular weight excluding hydrogens is 112 g/mol. The molecule has 1 aliphatic heterocycles. The Kier molecular flexibility index (Phi) is 1.19. The van der Waals surface area contributed by atoms with Crippen LogP contribution in [0.25, 0.3) is 0 Å². The van der Waals surface area contributed by atoms with E-state index in [2.05, 4.69) is 4.74 Å². The molecule has 1 rings (SSSR count). The molecule has 8 heavy (non-hydrogen) atoms. The lowest BCUT2D eigenvalue weighted by atomic mass is 10.3. The molecule has 0 aromatic rings. The average molecular weight is 118 g/mol. The van der Waals surface area contributed by atoms with Crippen LogP contribution in [0.15, 0.2) is 0 Å². The van der Waals surface area contributed by atoms with E-state index in [1.807, 2.05) is 0 Å². The molecule has 0 saturated carbocycles. The van der Waals surface area contributed by atoms with Gasteiger partial charge in [-0.2, -0.15) is 0 Å². The van der Waals surface area contributed by atoms with Crippen molar-refractivity contribution >= 4 is 5.97 Å². The maximum absolute atomic E-state index is 9.89. The Morgan fingerprint density at radius 1 is 1.75 bits per heavy atom. The third kappa shape index (κ3) is 0.801. The van der Waals surface area contributed by atoms with Crippen LogP contribution in [-0.2, 0) is 9.53 Å². The standard InChI is InChI=1S/C4H6O4/c5-1-2-3(8-2)4(6)7/h2-3,5H,1H2,(H,6,7). The van der Waals surface area contributed by atoms with Crippen LogP contribution >= 0.6 is 0 Å². The first-order valence-electron chi connectivity index (χ1n) is 2.25. The normalized spacial score (nSPS) is 34.6. The minimum absolute atomic E-state index is 0.197. The van der Waals surface area contributed by atoms with Crippen LogP contribution in [-0.4, -0.2) is 35.0 Å². The average Bonchev–Trinajstić information content (AvgIpc) is 2.42. The molecule has 0 bridgehead atoms. The number of aliphatic hydroxyl groups excluding tert-OH is 1. The van der Waals surface area contributed by atoms with Crippen molar-refractivity contribution in [3.63, 3.8) is 0 Å². The van der Waals surface area contributed by atoms with Gasteiger partial charge in [-0.15, -0.1) is 0 Å². The third-order valence-electron chi connectivity index (χ3n) is 1.01. The Morgan fingerprint density at radius 3 is 2.50 bits per heavy atom. The van der Waals surface area contributed by atoms with Gasteiger partial charge in [0.2, 0.25) is 0 Å². The minimum Gasteiger partial charge on any atom is -0.479 e. The van der Waals surface area contributed by atoms with Crippen molar-refractivity contribution in [1.82, 2.24) is 0 Å². The lowest BCUT2D eigenvalue weighted by molar-refractivity contribution is -0.138. The molecule has 0 aliphatic carbocycles. The van der Waals surface area contributed by atoms with Crippen molar-refractivity contribution < 1.29 is 19.7 Å². The lowest BCUT2D eigenvalue weighted by Gasteiger charge is -1.78. The van der Waals surface area contributed by atoms with E-state index in [9.17, 15) is 4.79 Å². The van der Waals surface area contributed by atoms with E-state index in [1.54, 1.807) is 0 Å². The number of ether oxygens (including phenoxy) is 1. The fraction of sp³-hybridized carbons (Fsp3) is 0.750. The molecule has 0 aromatic heterocycles. The van der Waals surface area contributed by atoms with Gasteiger partial charge >= 0.3 is 5.97 Å². The van der Waals surface area contributed by atoms with E-state index in [4.69, 9.17) is 10.2 Å². The van der Waals surface area contributed by atoms with Crippen molar-refractivity contribution in [2.75, 3.05) is 6.61 Å². The summed E-state index contributed by atoms with van der Waals surface area (Å²) in [5.41, 5.74) is 0. The number of aliphatic hydroxyl groups is 1. The highest BCUT2D eigenvalue weighted by Crippen LogP contribution is 2.20. The van der Waals surface area contributed by atoms with Crippen LogP contribution < -0.4 is 0 Å². The van der Waals surface area contributed by atoms with E-state index in [0.29, 0.717) is 0 Å². The number of aliphatic carboxylic acids is 1. The van der Waals surface area contributed by atoms with E-state index < -0.39 is 18.2 Å². The molecule has 2 unspecified atom stereocenters. The maximum atomic E-state index is 9.89. The predicted molar refractivity (Wildman–Crippen MR) is 23.4 cm³/mol. The highest BCUT2D eigenvalue weighted by atomic mass is 16.6. The van der Waals surface area contributed by atoms with E-state index in [1.165, 1.54) is 0 Å². The van der Waals surface area contributed by atoms with Gasteiger partial charge in [0.25, 0.3) is 0 Å². The molecule has 2 N–H and O–H groups in total. The predicted octanol–water partition coefficient (Wildman–Crippen LogP) is -1.17. The first-order valence-corrected chi connectivity index (χ1v) is 2.25. The maximum Gasteiger partial charge on any atom is 0.335 e. The Morgan fingerprint density at radius 2 is 2.38 bits per heavy atom. The summed E-state index contributed by atoms with van der Waals surface area (Å²) in [4.78, 5) is 9.89. The highest BCUT2D eigenvalue weighted by molar-refractivity contribution is 5.75. The Labute approximate surface area is 45.7 Å². The first kappa shape index (κ1) is 5.53.